The Bertz CT molecular complexity index is 512. The van der Waals surface area contributed by atoms with E-state index in [0.717, 1.165) is 12.8 Å². The Kier molecular flexibility index (Phi) is 5.62. The first-order chi connectivity index (χ1) is 10.0. The van der Waals surface area contributed by atoms with E-state index in [-0.39, 0.29) is 11.9 Å². The van der Waals surface area contributed by atoms with Crippen LogP contribution in [0.3, 0.4) is 0 Å². The van der Waals surface area contributed by atoms with E-state index in [4.69, 9.17) is 16.3 Å². The summed E-state index contributed by atoms with van der Waals surface area (Å²) in [5.74, 6) is -0.228. The Morgan fingerprint density at radius 3 is 2.76 bits per heavy atom. The van der Waals surface area contributed by atoms with E-state index in [1.54, 1.807) is 31.2 Å². The molecule has 0 saturated heterocycles. The monoisotopic (exact) mass is 309 g/mol. The van der Waals surface area contributed by atoms with Gasteiger partial charge in [-0.05, 0) is 43.9 Å². The van der Waals surface area contributed by atoms with E-state index in [9.17, 15) is 9.59 Å². The molecule has 1 atom stereocenters. The van der Waals surface area contributed by atoms with Gasteiger partial charge in [-0.3, -0.25) is 9.59 Å². The first-order valence-electron chi connectivity index (χ1n) is 7.30. The number of hydrogen-bond acceptors (Lipinski definition) is 3. The van der Waals surface area contributed by atoms with Crippen molar-refractivity contribution in [2.45, 2.75) is 45.1 Å². The highest BCUT2D eigenvalue weighted by atomic mass is 35.5. The number of esters is 1. The molecule has 2 rings (SSSR count). The maximum Gasteiger partial charge on any atom is 0.306 e. The van der Waals surface area contributed by atoms with Gasteiger partial charge in [0.15, 0.2) is 6.10 Å². The van der Waals surface area contributed by atoms with Crippen LogP contribution in [0, 0.1) is 5.92 Å². The summed E-state index contributed by atoms with van der Waals surface area (Å²) in [5.41, 5.74) is 0.589. The van der Waals surface area contributed by atoms with Crippen LogP contribution in [0.1, 0.15) is 39.0 Å². The lowest BCUT2D eigenvalue weighted by atomic mass is 10.0. The molecule has 1 saturated carbocycles. The van der Waals surface area contributed by atoms with Crippen LogP contribution in [0.4, 0.5) is 5.69 Å². The molecule has 1 aromatic rings. The molecule has 0 unspecified atom stereocenters. The molecule has 1 aliphatic carbocycles. The van der Waals surface area contributed by atoms with Crippen LogP contribution in [0.15, 0.2) is 24.3 Å². The van der Waals surface area contributed by atoms with Crippen molar-refractivity contribution in [3.8, 4) is 0 Å². The molecule has 4 nitrogen and oxygen atoms in total. The number of carbonyl (C=O) groups is 2. The third kappa shape index (κ3) is 5.05. The summed E-state index contributed by atoms with van der Waals surface area (Å²) < 4.78 is 5.19. The third-order valence-corrected chi connectivity index (χ3v) is 3.93. The summed E-state index contributed by atoms with van der Waals surface area (Å²) in [6.45, 7) is 1.58. The van der Waals surface area contributed by atoms with Crippen molar-refractivity contribution in [1.29, 1.82) is 0 Å². The zero-order chi connectivity index (χ0) is 15.2. The highest BCUT2D eigenvalue weighted by molar-refractivity contribution is 6.30. The highest BCUT2D eigenvalue weighted by Crippen LogP contribution is 2.27. The minimum atomic E-state index is -0.808. The predicted molar refractivity (Wildman–Crippen MR) is 82.2 cm³/mol. The zero-order valence-electron chi connectivity index (χ0n) is 12.1. The molecule has 1 amide bonds. The van der Waals surface area contributed by atoms with E-state index < -0.39 is 6.10 Å². The van der Waals surface area contributed by atoms with Crippen molar-refractivity contribution in [1.82, 2.24) is 0 Å². The van der Waals surface area contributed by atoms with E-state index in [1.807, 2.05) is 0 Å². The Hall–Kier alpha value is -1.55. The number of halogens is 1. The van der Waals surface area contributed by atoms with Crippen molar-refractivity contribution in [3.63, 3.8) is 0 Å². The largest absolute Gasteiger partial charge is 0.453 e. The minimum Gasteiger partial charge on any atom is -0.453 e. The molecule has 5 heteroatoms. The number of anilines is 1. The Morgan fingerprint density at radius 2 is 2.10 bits per heavy atom. The van der Waals surface area contributed by atoms with Crippen molar-refractivity contribution in [3.05, 3.63) is 29.3 Å². The fourth-order valence-electron chi connectivity index (χ4n) is 2.56. The van der Waals surface area contributed by atoms with E-state index in [0.29, 0.717) is 23.0 Å². The standard InChI is InChI=1S/C16H20ClNO3/c1-11(21-15(19)9-12-5-2-3-6-12)16(20)18-14-8-4-7-13(17)10-14/h4,7-8,10-12H,2-3,5-6,9H2,1H3,(H,18,20)/t11-/m1/s1. The molecule has 21 heavy (non-hydrogen) atoms. The summed E-state index contributed by atoms with van der Waals surface area (Å²) in [7, 11) is 0. The smallest absolute Gasteiger partial charge is 0.306 e. The van der Waals surface area contributed by atoms with E-state index in [1.165, 1.54) is 12.8 Å². The summed E-state index contributed by atoms with van der Waals surface area (Å²) >= 11 is 5.85. The van der Waals surface area contributed by atoms with Gasteiger partial charge in [0.05, 0.1) is 0 Å². The average Bonchev–Trinajstić information content (AvgIpc) is 2.91. The normalized spacial score (nSPS) is 16.5. The van der Waals surface area contributed by atoms with Crippen molar-refractivity contribution >= 4 is 29.2 Å². The predicted octanol–water partition coefficient (Wildman–Crippen LogP) is 3.79. The van der Waals surface area contributed by atoms with Gasteiger partial charge in [-0.1, -0.05) is 30.5 Å². The molecular weight excluding hydrogens is 290 g/mol. The molecule has 0 radical (unpaired) electrons. The fraction of sp³-hybridized carbons (Fsp3) is 0.500. The van der Waals surface area contributed by atoms with Crippen LogP contribution in [0.5, 0.6) is 0 Å². The van der Waals surface area contributed by atoms with Gasteiger partial charge in [-0.2, -0.15) is 0 Å². The van der Waals surface area contributed by atoms with E-state index >= 15 is 0 Å². The van der Waals surface area contributed by atoms with Gasteiger partial charge >= 0.3 is 5.97 Å². The number of carbonyl (C=O) groups excluding carboxylic acids is 2. The number of rotatable bonds is 5. The molecule has 0 aliphatic heterocycles. The molecule has 0 heterocycles. The molecular formula is C16H20ClNO3. The molecule has 114 valence electrons. The van der Waals surface area contributed by atoms with Crippen LogP contribution in [-0.2, 0) is 14.3 Å². The molecule has 1 fully saturated rings. The second kappa shape index (κ2) is 7.46. The Balaban J connectivity index is 1.80. The average molecular weight is 310 g/mol. The summed E-state index contributed by atoms with van der Waals surface area (Å²) in [5, 5.41) is 3.22. The first kappa shape index (κ1) is 15.8. The lowest BCUT2D eigenvalue weighted by Gasteiger charge is -2.15. The zero-order valence-corrected chi connectivity index (χ0v) is 12.9. The Morgan fingerprint density at radius 1 is 1.38 bits per heavy atom. The maximum absolute atomic E-state index is 12.0. The summed E-state index contributed by atoms with van der Waals surface area (Å²) in [6, 6.07) is 6.85. The third-order valence-electron chi connectivity index (χ3n) is 3.70. The van der Waals surface area contributed by atoms with Crippen LogP contribution in [0.2, 0.25) is 5.02 Å². The maximum atomic E-state index is 12.0. The lowest BCUT2D eigenvalue weighted by molar-refractivity contribution is -0.154. The van der Waals surface area contributed by atoms with Crippen LogP contribution < -0.4 is 5.32 Å². The number of benzene rings is 1. The molecule has 1 N–H and O–H groups in total. The fourth-order valence-corrected chi connectivity index (χ4v) is 2.75. The SMILES string of the molecule is C[C@@H](OC(=O)CC1CCCC1)C(=O)Nc1cccc(Cl)c1. The van der Waals surface area contributed by atoms with Gasteiger partial charge in [0.2, 0.25) is 0 Å². The van der Waals surface area contributed by atoms with Crippen molar-refractivity contribution < 1.29 is 14.3 Å². The van der Waals surface area contributed by atoms with Crippen molar-refractivity contribution in [2.75, 3.05) is 5.32 Å². The number of nitrogens with one attached hydrogen (secondary N) is 1. The lowest BCUT2D eigenvalue weighted by Crippen LogP contribution is -2.30. The first-order valence-corrected chi connectivity index (χ1v) is 7.68. The second-order valence-electron chi connectivity index (χ2n) is 5.49. The van der Waals surface area contributed by atoms with E-state index in [2.05, 4.69) is 5.32 Å². The van der Waals surface area contributed by atoms with Crippen molar-refractivity contribution in [2.24, 2.45) is 5.92 Å². The van der Waals surface area contributed by atoms with Gasteiger partial charge in [0.25, 0.3) is 5.91 Å². The molecule has 0 aromatic heterocycles. The van der Waals surface area contributed by atoms with Gasteiger partial charge in [-0.15, -0.1) is 0 Å². The van der Waals surface area contributed by atoms with Gasteiger partial charge in [0, 0.05) is 17.1 Å². The molecule has 0 bridgehead atoms. The quantitative estimate of drug-likeness (QED) is 0.842. The highest BCUT2D eigenvalue weighted by Gasteiger charge is 2.23. The number of hydrogen-bond donors (Lipinski definition) is 1. The van der Waals surface area contributed by atoms with Gasteiger partial charge in [0.1, 0.15) is 0 Å². The summed E-state index contributed by atoms with van der Waals surface area (Å²) in [4.78, 5) is 23.8. The molecule has 1 aromatic carbocycles. The summed E-state index contributed by atoms with van der Waals surface area (Å²) in [6.07, 6.45) is 4.13. The number of amides is 1. The molecule has 0 spiro atoms. The second-order valence-corrected chi connectivity index (χ2v) is 5.92. The number of ether oxygens (including phenoxy) is 1. The van der Waals surface area contributed by atoms with Gasteiger partial charge < -0.3 is 10.1 Å². The van der Waals surface area contributed by atoms with Gasteiger partial charge in [-0.25, -0.2) is 0 Å². The topological polar surface area (TPSA) is 55.4 Å². The van der Waals surface area contributed by atoms with Crippen LogP contribution in [-0.4, -0.2) is 18.0 Å². The Labute approximate surface area is 129 Å². The molecule has 1 aliphatic rings. The van der Waals surface area contributed by atoms with Crippen LogP contribution in [0.25, 0.3) is 0 Å². The van der Waals surface area contributed by atoms with Crippen LogP contribution >= 0.6 is 11.6 Å². The minimum absolute atomic E-state index is 0.296.